The van der Waals surface area contributed by atoms with E-state index in [2.05, 4.69) is 0 Å². The van der Waals surface area contributed by atoms with Gasteiger partial charge in [-0.05, 0) is 33.6 Å². The maximum absolute atomic E-state index is 13.0. The van der Waals surface area contributed by atoms with E-state index in [1.165, 1.54) is 4.90 Å². The summed E-state index contributed by atoms with van der Waals surface area (Å²) in [7, 11) is 0. The summed E-state index contributed by atoms with van der Waals surface area (Å²) in [6.45, 7) is 5.40. The van der Waals surface area contributed by atoms with Crippen LogP contribution in [0.1, 0.15) is 40.0 Å². The minimum atomic E-state index is -2.78. The summed E-state index contributed by atoms with van der Waals surface area (Å²) < 4.78 is 31.3. The SMILES string of the molecule is CC(C)(C)OC(=O)N1CCCC1C(CC(=O)O)C(F)F. The Morgan fingerprint density at radius 1 is 1.40 bits per heavy atom. The second-order valence-corrected chi connectivity index (χ2v) is 5.98. The number of hydrogen-bond acceptors (Lipinski definition) is 3. The number of nitrogens with zero attached hydrogens (tertiary/aromatic N) is 1. The Balaban J connectivity index is 2.81. The van der Waals surface area contributed by atoms with Gasteiger partial charge in [0.1, 0.15) is 5.60 Å². The van der Waals surface area contributed by atoms with Gasteiger partial charge in [-0.15, -0.1) is 0 Å². The van der Waals surface area contributed by atoms with Crippen LogP contribution in [0.5, 0.6) is 0 Å². The normalized spacial score (nSPS) is 21.1. The van der Waals surface area contributed by atoms with Crippen molar-refractivity contribution in [1.29, 1.82) is 0 Å². The minimum Gasteiger partial charge on any atom is -0.481 e. The largest absolute Gasteiger partial charge is 0.481 e. The average molecular weight is 293 g/mol. The summed E-state index contributed by atoms with van der Waals surface area (Å²) in [5.74, 6) is -2.64. The van der Waals surface area contributed by atoms with Gasteiger partial charge in [-0.2, -0.15) is 0 Å². The van der Waals surface area contributed by atoms with E-state index in [0.717, 1.165) is 0 Å². The summed E-state index contributed by atoms with van der Waals surface area (Å²) in [6, 6.07) is -0.777. The van der Waals surface area contributed by atoms with Crippen molar-refractivity contribution < 1.29 is 28.2 Å². The van der Waals surface area contributed by atoms with Crippen molar-refractivity contribution in [3.8, 4) is 0 Å². The fraction of sp³-hybridized carbons (Fsp3) is 0.846. The molecule has 2 unspecified atom stereocenters. The van der Waals surface area contributed by atoms with E-state index < -0.39 is 42.5 Å². The van der Waals surface area contributed by atoms with Gasteiger partial charge in [-0.1, -0.05) is 0 Å². The molecule has 1 aliphatic heterocycles. The van der Waals surface area contributed by atoms with Gasteiger partial charge in [0, 0.05) is 12.6 Å². The summed E-state index contributed by atoms with van der Waals surface area (Å²) in [5, 5.41) is 8.74. The zero-order valence-electron chi connectivity index (χ0n) is 11.9. The first-order valence-electron chi connectivity index (χ1n) is 6.61. The Labute approximate surface area is 116 Å². The number of carbonyl (C=O) groups excluding carboxylic acids is 1. The topological polar surface area (TPSA) is 66.8 Å². The van der Waals surface area contributed by atoms with E-state index in [-0.39, 0.29) is 0 Å². The zero-order chi connectivity index (χ0) is 15.5. The van der Waals surface area contributed by atoms with E-state index in [0.29, 0.717) is 19.4 Å². The minimum absolute atomic E-state index is 0.322. The van der Waals surface area contributed by atoms with E-state index in [9.17, 15) is 18.4 Å². The van der Waals surface area contributed by atoms with Crippen LogP contribution >= 0.6 is 0 Å². The van der Waals surface area contributed by atoms with Crippen molar-refractivity contribution in [3.05, 3.63) is 0 Å². The maximum atomic E-state index is 13.0. The van der Waals surface area contributed by atoms with Crippen LogP contribution < -0.4 is 0 Å². The number of alkyl halides is 2. The van der Waals surface area contributed by atoms with Crippen molar-refractivity contribution in [2.24, 2.45) is 5.92 Å². The number of amides is 1. The summed E-state index contributed by atoms with van der Waals surface area (Å²) in [6.07, 6.45) is -3.13. The molecule has 0 aromatic heterocycles. The van der Waals surface area contributed by atoms with Gasteiger partial charge in [-0.25, -0.2) is 13.6 Å². The molecule has 5 nitrogen and oxygen atoms in total. The predicted octanol–water partition coefficient (Wildman–Crippen LogP) is 2.74. The van der Waals surface area contributed by atoms with E-state index in [1.54, 1.807) is 20.8 Å². The summed E-state index contributed by atoms with van der Waals surface area (Å²) in [4.78, 5) is 23.9. The molecule has 1 N–H and O–H groups in total. The van der Waals surface area contributed by atoms with Crippen LogP contribution in [-0.2, 0) is 9.53 Å². The highest BCUT2D eigenvalue weighted by atomic mass is 19.3. The molecule has 0 spiro atoms. The lowest BCUT2D eigenvalue weighted by molar-refractivity contribution is -0.140. The zero-order valence-corrected chi connectivity index (χ0v) is 11.9. The molecule has 0 aromatic rings. The van der Waals surface area contributed by atoms with Gasteiger partial charge >= 0.3 is 12.1 Å². The van der Waals surface area contributed by atoms with Crippen molar-refractivity contribution in [1.82, 2.24) is 4.90 Å². The van der Waals surface area contributed by atoms with Gasteiger partial charge in [0.2, 0.25) is 6.43 Å². The fourth-order valence-electron chi connectivity index (χ4n) is 2.38. The monoisotopic (exact) mass is 293 g/mol. The lowest BCUT2D eigenvalue weighted by Crippen LogP contribution is -2.45. The molecule has 1 heterocycles. The molecule has 116 valence electrons. The molecule has 0 radical (unpaired) electrons. The molecule has 1 rings (SSSR count). The third kappa shape index (κ3) is 4.61. The Bertz CT molecular complexity index is 368. The number of aliphatic carboxylic acids is 1. The predicted molar refractivity (Wildman–Crippen MR) is 67.7 cm³/mol. The van der Waals surface area contributed by atoms with E-state index >= 15 is 0 Å². The number of ether oxygens (including phenoxy) is 1. The first-order chi connectivity index (χ1) is 9.11. The molecular formula is C13H21F2NO4. The molecule has 0 aliphatic carbocycles. The standard InChI is InChI=1S/C13H21F2NO4/c1-13(2,3)20-12(19)16-6-4-5-9(16)8(11(14)15)7-10(17)18/h8-9,11H,4-7H2,1-3H3,(H,17,18). The number of carbonyl (C=O) groups is 2. The molecule has 1 aliphatic rings. The Hall–Kier alpha value is -1.40. The number of carboxylic acid groups (broad SMARTS) is 1. The number of likely N-dealkylation sites (tertiary alicyclic amines) is 1. The Kier molecular flexibility index (Phi) is 5.30. The van der Waals surface area contributed by atoms with Crippen LogP contribution in [0.4, 0.5) is 13.6 Å². The van der Waals surface area contributed by atoms with E-state index in [1.807, 2.05) is 0 Å². The number of carboxylic acids is 1. The second-order valence-electron chi connectivity index (χ2n) is 5.98. The smallest absolute Gasteiger partial charge is 0.410 e. The summed E-state index contributed by atoms with van der Waals surface area (Å²) in [5.41, 5.74) is -0.711. The fourth-order valence-corrected chi connectivity index (χ4v) is 2.38. The highest BCUT2D eigenvalue weighted by molar-refractivity contribution is 5.70. The molecule has 1 amide bonds. The molecule has 0 aromatic carbocycles. The van der Waals surface area contributed by atoms with Gasteiger partial charge in [0.05, 0.1) is 12.3 Å². The number of rotatable bonds is 4. The highest BCUT2D eigenvalue weighted by Crippen LogP contribution is 2.31. The van der Waals surface area contributed by atoms with Gasteiger partial charge in [0.25, 0.3) is 0 Å². The lowest BCUT2D eigenvalue weighted by Gasteiger charge is -2.32. The number of hydrogen-bond donors (Lipinski definition) is 1. The van der Waals surface area contributed by atoms with Crippen LogP contribution in [-0.4, -0.2) is 46.7 Å². The summed E-state index contributed by atoms with van der Waals surface area (Å²) >= 11 is 0. The maximum Gasteiger partial charge on any atom is 0.410 e. The van der Waals surface area contributed by atoms with Gasteiger partial charge in [0.15, 0.2) is 0 Å². The Morgan fingerprint density at radius 2 is 2.00 bits per heavy atom. The van der Waals surface area contributed by atoms with Crippen LogP contribution in [0.15, 0.2) is 0 Å². The Morgan fingerprint density at radius 3 is 2.45 bits per heavy atom. The third-order valence-corrected chi connectivity index (χ3v) is 3.16. The van der Waals surface area contributed by atoms with Crippen molar-refractivity contribution in [3.63, 3.8) is 0 Å². The molecule has 0 bridgehead atoms. The van der Waals surface area contributed by atoms with Crippen LogP contribution in [0.3, 0.4) is 0 Å². The lowest BCUT2D eigenvalue weighted by atomic mass is 9.94. The van der Waals surface area contributed by atoms with Crippen molar-refractivity contribution >= 4 is 12.1 Å². The molecular weight excluding hydrogens is 272 g/mol. The molecule has 2 atom stereocenters. The average Bonchev–Trinajstić information content (AvgIpc) is 2.71. The second kappa shape index (κ2) is 6.37. The van der Waals surface area contributed by atoms with Crippen molar-refractivity contribution in [2.45, 2.75) is 58.1 Å². The molecule has 1 fully saturated rings. The van der Waals surface area contributed by atoms with Gasteiger partial charge in [-0.3, -0.25) is 4.79 Å². The molecule has 0 saturated carbocycles. The van der Waals surface area contributed by atoms with Gasteiger partial charge < -0.3 is 14.7 Å². The quantitative estimate of drug-likeness (QED) is 0.865. The third-order valence-electron chi connectivity index (χ3n) is 3.16. The van der Waals surface area contributed by atoms with Crippen LogP contribution in [0.2, 0.25) is 0 Å². The van der Waals surface area contributed by atoms with Crippen LogP contribution in [0.25, 0.3) is 0 Å². The van der Waals surface area contributed by atoms with Crippen molar-refractivity contribution in [2.75, 3.05) is 6.54 Å². The van der Waals surface area contributed by atoms with Crippen LogP contribution in [0, 0.1) is 5.92 Å². The molecule has 20 heavy (non-hydrogen) atoms. The molecule has 1 saturated heterocycles. The number of halogens is 2. The highest BCUT2D eigenvalue weighted by Gasteiger charge is 2.41. The first kappa shape index (κ1) is 16.7. The van der Waals surface area contributed by atoms with E-state index in [4.69, 9.17) is 9.84 Å². The first-order valence-corrected chi connectivity index (χ1v) is 6.61. The molecule has 7 heteroatoms.